The van der Waals surface area contributed by atoms with Gasteiger partial charge in [0.1, 0.15) is 13.2 Å². The predicted octanol–water partition coefficient (Wildman–Crippen LogP) is 1.27. The minimum absolute atomic E-state index is 0.0567. The van der Waals surface area contributed by atoms with E-state index >= 15 is 0 Å². The van der Waals surface area contributed by atoms with E-state index in [-0.39, 0.29) is 32.0 Å². The maximum Gasteiger partial charge on any atom is 0.332 e. The van der Waals surface area contributed by atoms with Gasteiger partial charge in [-0.05, 0) is 33.3 Å². The van der Waals surface area contributed by atoms with Crippen LogP contribution in [0.3, 0.4) is 0 Å². The Morgan fingerprint density at radius 1 is 0.759 bits per heavy atom. The maximum atomic E-state index is 12.4. The van der Waals surface area contributed by atoms with Crippen molar-refractivity contribution in [2.75, 3.05) is 39.6 Å². The molecule has 0 aliphatic carbocycles. The number of carbonyl (C=O) groups is 4. The average Bonchev–Trinajstić information content (AvgIpc) is 2.66. The van der Waals surface area contributed by atoms with Gasteiger partial charge in [0.25, 0.3) is 0 Å². The Morgan fingerprint density at radius 2 is 1.17 bits per heavy atom. The molecule has 0 aliphatic rings. The molecule has 0 heterocycles. The van der Waals surface area contributed by atoms with Gasteiger partial charge in [0.15, 0.2) is 0 Å². The standard InChI is InChI=1S/C19H30O10/c1-5-26-7-9-28-18(24)12(3)16(14(17(22)23)11-15(20)21)13(4)19(25)29-10-8-27-6-2/h12-13H,5-11H2,1-4H3,(H,20,21)(H,22,23). The van der Waals surface area contributed by atoms with Crippen molar-refractivity contribution in [2.45, 2.75) is 34.1 Å². The van der Waals surface area contributed by atoms with Crippen LogP contribution >= 0.6 is 0 Å². The predicted molar refractivity (Wildman–Crippen MR) is 100 cm³/mol. The van der Waals surface area contributed by atoms with Crippen molar-refractivity contribution in [1.82, 2.24) is 0 Å². The smallest absolute Gasteiger partial charge is 0.332 e. The van der Waals surface area contributed by atoms with E-state index in [0.717, 1.165) is 0 Å². The Balaban J connectivity index is 5.64. The van der Waals surface area contributed by atoms with Gasteiger partial charge < -0.3 is 29.2 Å². The molecule has 2 unspecified atom stereocenters. The molecular formula is C19H30O10. The summed E-state index contributed by atoms with van der Waals surface area (Å²) in [7, 11) is 0. The van der Waals surface area contributed by atoms with Crippen LogP contribution < -0.4 is 0 Å². The molecule has 0 saturated carbocycles. The number of carbonyl (C=O) groups excluding carboxylic acids is 2. The first-order chi connectivity index (χ1) is 13.7. The van der Waals surface area contributed by atoms with Gasteiger partial charge in [-0.3, -0.25) is 14.4 Å². The summed E-state index contributed by atoms with van der Waals surface area (Å²) in [5.41, 5.74) is -0.719. The Morgan fingerprint density at radius 3 is 1.48 bits per heavy atom. The number of carboxylic acid groups (broad SMARTS) is 2. The Kier molecular flexibility index (Phi) is 13.3. The Hall–Kier alpha value is -2.46. The highest BCUT2D eigenvalue weighted by Gasteiger charge is 2.34. The van der Waals surface area contributed by atoms with Crippen molar-refractivity contribution in [3.63, 3.8) is 0 Å². The molecule has 0 saturated heterocycles. The maximum absolute atomic E-state index is 12.4. The molecule has 0 aliphatic heterocycles. The lowest BCUT2D eigenvalue weighted by atomic mass is 9.84. The number of esters is 2. The number of aliphatic carboxylic acids is 2. The van der Waals surface area contributed by atoms with Crippen LogP contribution in [0, 0.1) is 11.8 Å². The Labute approximate surface area is 169 Å². The van der Waals surface area contributed by atoms with Crippen LogP contribution in [0.1, 0.15) is 34.1 Å². The fraction of sp³-hybridized carbons (Fsp3) is 0.684. The van der Waals surface area contributed by atoms with Crippen LogP contribution in [0.25, 0.3) is 0 Å². The SMILES string of the molecule is CCOCCOC(=O)C(C)C(=C(CC(=O)O)C(=O)O)C(C)C(=O)OCCOCC. The zero-order chi connectivity index (χ0) is 22.4. The summed E-state index contributed by atoms with van der Waals surface area (Å²) in [6.45, 7) is 7.32. The van der Waals surface area contributed by atoms with E-state index in [9.17, 15) is 24.3 Å². The van der Waals surface area contributed by atoms with Gasteiger partial charge in [-0.2, -0.15) is 0 Å². The van der Waals surface area contributed by atoms with E-state index in [1.807, 2.05) is 0 Å². The second kappa shape index (κ2) is 14.5. The van der Waals surface area contributed by atoms with E-state index in [1.165, 1.54) is 13.8 Å². The third-order valence-corrected chi connectivity index (χ3v) is 3.93. The first-order valence-corrected chi connectivity index (χ1v) is 9.33. The van der Waals surface area contributed by atoms with Crippen LogP contribution in [-0.2, 0) is 38.1 Å². The van der Waals surface area contributed by atoms with Gasteiger partial charge in [-0.1, -0.05) is 0 Å². The summed E-state index contributed by atoms with van der Waals surface area (Å²) in [4.78, 5) is 47.5. The summed E-state index contributed by atoms with van der Waals surface area (Å²) in [5.74, 6) is -6.87. The van der Waals surface area contributed by atoms with Crippen LogP contribution in [-0.4, -0.2) is 73.7 Å². The van der Waals surface area contributed by atoms with Crippen molar-refractivity contribution < 1.29 is 48.3 Å². The summed E-state index contributed by atoms with van der Waals surface area (Å²) >= 11 is 0. The molecule has 0 amide bonds. The minimum Gasteiger partial charge on any atom is -0.481 e. The third-order valence-electron chi connectivity index (χ3n) is 3.93. The van der Waals surface area contributed by atoms with E-state index in [1.54, 1.807) is 13.8 Å². The van der Waals surface area contributed by atoms with Gasteiger partial charge in [-0.25, -0.2) is 4.79 Å². The largest absolute Gasteiger partial charge is 0.481 e. The lowest BCUT2D eigenvalue weighted by Gasteiger charge is -2.22. The first kappa shape index (κ1) is 26.5. The molecular weight excluding hydrogens is 388 g/mol. The van der Waals surface area contributed by atoms with Crippen molar-refractivity contribution >= 4 is 23.9 Å². The number of hydrogen-bond donors (Lipinski definition) is 2. The number of rotatable bonds is 15. The lowest BCUT2D eigenvalue weighted by Crippen LogP contribution is -2.30. The molecule has 10 nitrogen and oxygen atoms in total. The van der Waals surface area contributed by atoms with Crippen LogP contribution in [0.5, 0.6) is 0 Å². The molecule has 0 fully saturated rings. The van der Waals surface area contributed by atoms with Gasteiger partial charge in [0, 0.05) is 18.8 Å². The molecule has 0 aromatic rings. The first-order valence-electron chi connectivity index (χ1n) is 9.33. The molecule has 29 heavy (non-hydrogen) atoms. The normalized spacial score (nSPS) is 12.6. The van der Waals surface area contributed by atoms with E-state index in [2.05, 4.69) is 0 Å². The quantitative estimate of drug-likeness (QED) is 0.226. The number of hydrogen-bond acceptors (Lipinski definition) is 8. The highest BCUT2D eigenvalue weighted by atomic mass is 16.6. The zero-order valence-electron chi connectivity index (χ0n) is 17.3. The second-order valence-electron chi connectivity index (χ2n) is 5.98. The van der Waals surface area contributed by atoms with Crippen LogP contribution in [0.2, 0.25) is 0 Å². The fourth-order valence-electron chi connectivity index (χ4n) is 2.55. The Bertz CT molecular complexity index is 564. The van der Waals surface area contributed by atoms with E-state index < -0.39 is 47.7 Å². The molecule has 0 spiro atoms. The van der Waals surface area contributed by atoms with Crippen molar-refractivity contribution in [3.05, 3.63) is 11.1 Å². The molecule has 0 radical (unpaired) electrons. The fourth-order valence-corrected chi connectivity index (χ4v) is 2.55. The molecule has 2 atom stereocenters. The number of ether oxygens (including phenoxy) is 4. The molecule has 10 heteroatoms. The lowest BCUT2D eigenvalue weighted by molar-refractivity contribution is -0.150. The highest BCUT2D eigenvalue weighted by Crippen LogP contribution is 2.28. The zero-order valence-corrected chi connectivity index (χ0v) is 17.3. The van der Waals surface area contributed by atoms with Crippen LogP contribution in [0.4, 0.5) is 0 Å². The average molecular weight is 418 g/mol. The summed E-state index contributed by atoms with van der Waals surface area (Å²) in [5, 5.41) is 18.5. The topological polar surface area (TPSA) is 146 Å². The van der Waals surface area contributed by atoms with Crippen LogP contribution in [0.15, 0.2) is 11.1 Å². The molecule has 0 bridgehead atoms. The molecule has 166 valence electrons. The third kappa shape index (κ3) is 10.0. The monoisotopic (exact) mass is 418 g/mol. The van der Waals surface area contributed by atoms with Gasteiger partial charge in [0.2, 0.25) is 0 Å². The molecule has 0 rings (SSSR count). The van der Waals surface area contributed by atoms with Crippen molar-refractivity contribution in [3.8, 4) is 0 Å². The molecule has 0 aromatic carbocycles. The van der Waals surface area contributed by atoms with Crippen molar-refractivity contribution in [2.24, 2.45) is 11.8 Å². The van der Waals surface area contributed by atoms with E-state index in [0.29, 0.717) is 13.2 Å². The molecule has 2 N–H and O–H groups in total. The minimum atomic E-state index is -1.54. The van der Waals surface area contributed by atoms with Gasteiger partial charge in [-0.15, -0.1) is 0 Å². The highest BCUT2D eigenvalue weighted by molar-refractivity contribution is 5.96. The summed E-state index contributed by atoms with van der Waals surface area (Å²) < 4.78 is 20.2. The second-order valence-corrected chi connectivity index (χ2v) is 5.98. The summed E-state index contributed by atoms with van der Waals surface area (Å²) in [6, 6.07) is 0. The summed E-state index contributed by atoms with van der Waals surface area (Å²) in [6.07, 6.45) is -0.863. The van der Waals surface area contributed by atoms with Crippen molar-refractivity contribution in [1.29, 1.82) is 0 Å². The number of carboxylic acids is 2. The van der Waals surface area contributed by atoms with E-state index in [4.69, 9.17) is 24.1 Å². The van der Waals surface area contributed by atoms with Gasteiger partial charge in [0.05, 0.1) is 31.5 Å². The van der Waals surface area contributed by atoms with Gasteiger partial charge >= 0.3 is 23.9 Å². The molecule has 0 aromatic heterocycles.